The van der Waals surface area contributed by atoms with E-state index in [0.717, 1.165) is 49.9 Å². The van der Waals surface area contributed by atoms with E-state index in [1.54, 1.807) is 21.7 Å². The van der Waals surface area contributed by atoms with Gasteiger partial charge < -0.3 is 10.2 Å². The molecule has 4 heterocycles. The minimum atomic E-state index is -0.291. The summed E-state index contributed by atoms with van der Waals surface area (Å²) in [6, 6.07) is 3.66. The Kier molecular flexibility index (Phi) is 5.96. The molecule has 4 rings (SSSR count). The summed E-state index contributed by atoms with van der Waals surface area (Å²) in [6.45, 7) is 3.47. The van der Waals surface area contributed by atoms with Crippen molar-refractivity contribution in [1.29, 1.82) is 0 Å². The monoisotopic (exact) mass is 412 g/mol. The van der Waals surface area contributed by atoms with Gasteiger partial charge >= 0.3 is 5.69 Å². The van der Waals surface area contributed by atoms with Gasteiger partial charge in [0.2, 0.25) is 11.8 Å². The van der Waals surface area contributed by atoms with Gasteiger partial charge in [-0.25, -0.2) is 14.5 Å². The molecule has 0 aromatic carbocycles. The highest BCUT2D eigenvalue weighted by Crippen LogP contribution is 2.19. The molecule has 2 aromatic heterocycles. The van der Waals surface area contributed by atoms with Crippen LogP contribution in [0.3, 0.4) is 0 Å². The van der Waals surface area contributed by atoms with E-state index in [1.165, 1.54) is 4.68 Å². The Hall–Kier alpha value is -2.97. The second kappa shape index (κ2) is 8.81. The molecule has 0 spiro atoms. The van der Waals surface area contributed by atoms with Crippen molar-refractivity contribution in [3.05, 3.63) is 40.2 Å². The molecule has 9 nitrogen and oxygen atoms in total. The number of aromatic nitrogens is 4. The van der Waals surface area contributed by atoms with Crippen molar-refractivity contribution >= 4 is 17.6 Å². The Morgan fingerprint density at radius 1 is 1.17 bits per heavy atom. The molecule has 0 radical (unpaired) electrons. The molecule has 0 aliphatic carbocycles. The van der Waals surface area contributed by atoms with Gasteiger partial charge in [-0.3, -0.25) is 14.2 Å². The summed E-state index contributed by atoms with van der Waals surface area (Å²) in [5.74, 6) is 0.694. The molecule has 0 saturated carbocycles. The average molecular weight is 412 g/mol. The van der Waals surface area contributed by atoms with Gasteiger partial charge in [0.1, 0.15) is 18.2 Å². The number of anilines is 1. The number of amides is 2. The summed E-state index contributed by atoms with van der Waals surface area (Å²) in [6.07, 6.45) is 7.03. The van der Waals surface area contributed by atoms with Crippen LogP contribution in [0.4, 0.5) is 5.82 Å². The van der Waals surface area contributed by atoms with Crippen molar-refractivity contribution < 1.29 is 9.59 Å². The Morgan fingerprint density at radius 3 is 2.83 bits per heavy atom. The number of nitrogens with one attached hydrogen (secondary N) is 1. The van der Waals surface area contributed by atoms with Crippen molar-refractivity contribution in [2.75, 3.05) is 18.4 Å². The van der Waals surface area contributed by atoms with Crippen LogP contribution in [0.1, 0.15) is 43.5 Å². The highest BCUT2D eigenvalue weighted by atomic mass is 16.2. The number of rotatable bonds is 4. The number of likely N-dealkylation sites (tertiary alicyclic amines) is 1. The fourth-order valence-electron chi connectivity index (χ4n) is 4.14. The van der Waals surface area contributed by atoms with Crippen LogP contribution in [0, 0.1) is 12.8 Å². The SMILES string of the molecule is Cc1ccc(NC(=O)C2CCCN(C(=O)Cn3nc4n(c3=O)CCCCC4)C2)nc1. The largest absolute Gasteiger partial charge is 0.346 e. The highest BCUT2D eigenvalue weighted by molar-refractivity contribution is 5.92. The Bertz CT molecular complexity index is 978. The van der Waals surface area contributed by atoms with Gasteiger partial charge in [-0.15, -0.1) is 0 Å². The van der Waals surface area contributed by atoms with Crippen LogP contribution in [-0.4, -0.2) is 49.1 Å². The zero-order valence-electron chi connectivity index (χ0n) is 17.3. The molecule has 2 amide bonds. The molecule has 1 saturated heterocycles. The molecule has 2 aliphatic rings. The van der Waals surface area contributed by atoms with Crippen LogP contribution in [0.2, 0.25) is 0 Å². The van der Waals surface area contributed by atoms with Gasteiger partial charge in [0.05, 0.1) is 5.92 Å². The number of carbonyl (C=O) groups is 2. The maximum absolute atomic E-state index is 12.8. The van der Waals surface area contributed by atoms with Crippen molar-refractivity contribution in [2.45, 2.75) is 58.5 Å². The van der Waals surface area contributed by atoms with Gasteiger partial charge in [-0.05, 0) is 44.2 Å². The second-order valence-corrected chi connectivity index (χ2v) is 8.21. The second-order valence-electron chi connectivity index (χ2n) is 8.21. The van der Waals surface area contributed by atoms with Crippen LogP contribution < -0.4 is 11.0 Å². The summed E-state index contributed by atoms with van der Waals surface area (Å²) in [5.41, 5.74) is 0.811. The molecule has 1 unspecified atom stereocenters. The van der Waals surface area contributed by atoms with E-state index in [2.05, 4.69) is 15.4 Å². The van der Waals surface area contributed by atoms with Crippen LogP contribution >= 0.6 is 0 Å². The molecule has 2 aliphatic heterocycles. The number of hydrogen-bond acceptors (Lipinski definition) is 5. The molecule has 160 valence electrons. The smallest absolute Gasteiger partial charge is 0.340 e. The number of hydrogen-bond donors (Lipinski definition) is 1. The first-order valence-corrected chi connectivity index (χ1v) is 10.7. The molecular formula is C21H28N6O3. The van der Waals surface area contributed by atoms with E-state index in [0.29, 0.717) is 25.5 Å². The third-order valence-electron chi connectivity index (χ3n) is 5.87. The fraction of sp³-hybridized carbons (Fsp3) is 0.571. The predicted octanol–water partition coefficient (Wildman–Crippen LogP) is 1.35. The minimum Gasteiger partial charge on any atom is -0.340 e. The van der Waals surface area contributed by atoms with E-state index in [-0.39, 0.29) is 30.0 Å². The minimum absolute atomic E-state index is 0.0767. The zero-order chi connectivity index (χ0) is 21.1. The van der Waals surface area contributed by atoms with Crippen molar-refractivity contribution in [2.24, 2.45) is 5.92 Å². The molecule has 1 N–H and O–H groups in total. The van der Waals surface area contributed by atoms with Crippen molar-refractivity contribution in [3.8, 4) is 0 Å². The first kappa shape index (κ1) is 20.3. The Labute approximate surface area is 175 Å². The van der Waals surface area contributed by atoms with Crippen LogP contribution in [-0.2, 0) is 29.1 Å². The van der Waals surface area contributed by atoms with Crippen LogP contribution in [0.15, 0.2) is 23.1 Å². The zero-order valence-corrected chi connectivity index (χ0v) is 17.3. The molecule has 9 heteroatoms. The quantitative estimate of drug-likeness (QED) is 0.817. The third kappa shape index (κ3) is 4.44. The first-order valence-electron chi connectivity index (χ1n) is 10.7. The summed E-state index contributed by atoms with van der Waals surface area (Å²) >= 11 is 0. The van der Waals surface area contributed by atoms with Gasteiger partial charge in [-0.1, -0.05) is 12.5 Å². The Morgan fingerprint density at radius 2 is 2.03 bits per heavy atom. The van der Waals surface area contributed by atoms with Gasteiger partial charge in [0, 0.05) is 32.3 Å². The standard InChI is InChI=1S/C21H28N6O3/c1-15-8-9-17(22-12-15)23-20(29)16-6-5-10-25(13-16)19(28)14-27-21(30)26-11-4-2-3-7-18(26)24-27/h8-9,12,16H,2-7,10-11,13-14H2,1H3,(H,22,23,29). The van der Waals surface area contributed by atoms with E-state index < -0.39 is 0 Å². The topological polar surface area (TPSA) is 102 Å². The summed E-state index contributed by atoms with van der Waals surface area (Å²) in [7, 11) is 0. The first-order chi connectivity index (χ1) is 14.5. The van der Waals surface area contributed by atoms with Crippen LogP contribution in [0.5, 0.6) is 0 Å². The molecule has 1 fully saturated rings. The number of pyridine rings is 1. The lowest BCUT2D eigenvalue weighted by Crippen LogP contribution is -2.45. The van der Waals surface area contributed by atoms with E-state index in [4.69, 9.17) is 0 Å². The summed E-state index contributed by atoms with van der Waals surface area (Å²) < 4.78 is 2.98. The van der Waals surface area contributed by atoms with Gasteiger partial charge in [0.15, 0.2) is 0 Å². The third-order valence-corrected chi connectivity index (χ3v) is 5.87. The van der Waals surface area contributed by atoms with E-state index in [9.17, 15) is 14.4 Å². The summed E-state index contributed by atoms with van der Waals surface area (Å²) in [4.78, 5) is 44.0. The van der Waals surface area contributed by atoms with E-state index in [1.807, 2.05) is 13.0 Å². The lowest BCUT2D eigenvalue weighted by atomic mass is 9.97. The fourth-order valence-corrected chi connectivity index (χ4v) is 4.14. The maximum Gasteiger partial charge on any atom is 0.346 e. The van der Waals surface area contributed by atoms with Gasteiger partial charge in [0.25, 0.3) is 0 Å². The van der Waals surface area contributed by atoms with Crippen molar-refractivity contribution in [1.82, 2.24) is 24.2 Å². The molecule has 0 bridgehead atoms. The molecule has 30 heavy (non-hydrogen) atoms. The number of carbonyl (C=O) groups excluding carboxylic acids is 2. The maximum atomic E-state index is 12.8. The molecular weight excluding hydrogens is 384 g/mol. The van der Waals surface area contributed by atoms with Gasteiger partial charge in [-0.2, -0.15) is 5.10 Å². The number of piperidine rings is 1. The normalized spacial score (nSPS) is 19.1. The molecule has 2 aromatic rings. The Balaban J connectivity index is 1.38. The predicted molar refractivity (Wildman–Crippen MR) is 111 cm³/mol. The number of aryl methyl sites for hydroxylation is 2. The molecule has 1 atom stereocenters. The lowest BCUT2D eigenvalue weighted by Gasteiger charge is -2.31. The van der Waals surface area contributed by atoms with Crippen molar-refractivity contribution in [3.63, 3.8) is 0 Å². The highest BCUT2D eigenvalue weighted by Gasteiger charge is 2.29. The lowest BCUT2D eigenvalue weighted by molar-refractivity contribution is -0.135. The van der Waals surface area contributed by atoms with E-state index >= 15 is 0 Å². The average Bonchev–Trinajstić information content (AvgIpc) is 2.91. The number of nitrogens with zero attached hydrogens (tertiary/aromatic N) is 5. The number of fused-ring (bicyclic) bond motifs is 1. The van der Waals surface area contributed by atoms with Crippen LogP contribution in [0.25, 0.3) is 0 Å². The summed E-state index contributed by atoms with van der Waals surface area (Å²) in [5, 5.41) is 7.23.